The first-order chi connectivity index (χ1) is 23.0. The second kappa shape index (κ2) is 12.8. The lowest BCUT2D eigenvalue weighted by Gasteiger charge is -2.21. The van der Waals surface area contributed by atoms with Crippen LogP contribution < -0.4 is 21.3 Å². The summed E-state index contributed by atoms with van der Waals surface area (Å²) in [4.78, 5) is 40.6. The summed E-state index contributed by atoms with van der Waals surface area (Å²) in [6, 6.07) is 17.2. The molecule has 240 valence electrons. The average molecular weight is 660 g/mol. The minimum atomic E-state index is -3.55. The number of nitrogens with two attached hydrogens (primary N) is 1. The molecule has 2 aromatic carbocycles. The van der Waals surface area contributed by atoms with Crippen LogP contribution in [0, 0.1) is 11.8 Å². The highest BCUT2D eigenvalue weighted by Gasteiger charge is 2.22. The Bertz CT molecular complexity index is 2430. The van der Waals surface area contributed by atoms with Gasteiger partial charge in [-0.15, -0.1) is 0 Å². The molecule has 6 aromatic rings. The lowest BCUT2D eigenvalue weighted by atomic mass is 10.0. The molecule has 0 aliphatic carbocycles. The maximum atomic E-state index is 14.3. The number of carbonyl (C=O) groups is 1. The van der Waals surface area contributed by atoms with E-state index in [-0.39, 0.29) is 28.5 Å². The Kier molecular flexibility index (Phi) is 8.45. The Morgan fingerprint density at radius 1 is 1.00 bits per heavy atom. The van der Waals surface area contributed by atoms with Crippen molar-refractivity contribution in [3.8, 4) is 28.8 Å². The van der Waals surface area contributed by atoms with Gasteiger partial charge in [0.1, 0.15) is 0 Å². The van der Waals surface area contributed by atoms with Gasteiger partial charge in [0, 0.05) is 41.9 Å². The smallest absolute Gasteiger partial charge is 0.274 e. The fourth-order valence-corrected chi connectivity index (χ4v) is 5.71. The van der Waals surface area contributed by atoms with Crippen molar-refractivity contribution >= 4 is 38.2 Å². The lowest BCUT2D eigenvalue weighted by Crippen LogP contribution is -2.33. The van der Waals surface area contributed by atoms with Crippen LogP contribution in [0.15, 0.2) is 96.4 Å². The van der Waals surface area contributed by atoms with E-state index in [1.807, 2.05) is 48.5 Å². The number of fused-ring (bicyclic) bond motifs is 1. The van der Waals surface area contributed by atoms with E-state index >= 15 is 0 Å². The minimum Gasteiger partial charge on any atom is -0.382 e. The number of para-hydroxylation sites is 1. The zero-order chi connectivity index (χ0) is 34.0. The fraction of sp³-hybridized carbons (Fsp3) is 0.118. The zero-order valence-electron chi connectivity index (χ0n) is 26.0. The predicted molar refractivity (Wildman–Crippen MR) is 183 cm³/mol. The summed E-state index contributed by atoms with van der Waals surface area (Å²) in [5.41, 5.74) is 8.90. The highest BCUT2D eigenvalue weighted by molar-refractivity contribution is 7.92. The number of hydrogen-bond acceptors (Lipinski definition) is 9. The summed E-state index contributed by atoms with van der Waals surface area (Å²) in [7, 11) is -1.74. The minimum absolute atomic E-state index is 0.113. The van der Waals surface area contributed by atoms with Gasteiger partial charge in [0.05, 0.1) is 53.2 Å². The van der Waals surface area contributed by atoms with Crippen LogP contribution in [0.3, 0.4) is 0 Å². The topological polar surface area (TPSA) is 180 Å². The molecule has 0 aliphatic rings. The maximum absolute atomic E-state index is 14.3. The van der Waals surface area contributed by atoms with Gasteiger partial charge in [-0.05, 0) is 42.6 Å². The van der Waals surface area contributed by atoms with Gasteiger partial charge in [0.25, 0.3) is 11.5 Å². The van der Waals surface area contributed by atoms with Gasteiger partial charge in [0.15, 0.2) is 11.5 Å². The largest absolute Gasteiger partial charge is 0.382 e. The maximum Gasteiger partial charge on any atom is 0.274 e. The molecule has 13 nitrogen and oxygen atoms in total. The average Bonchev–Trinajstić information content (AvgIpc) is 3.48. The van der Waals surface area contributed by atoms with Crippen LogP contribution in [0.1, 0.15) is 40.3 Å². The second-order valence-corrected chi connectivity index (χ2v) is 12.7. The Labute approximate surface area is 275 Å². The van der Waals surface area contributed by atoms with Crippen molar-refractivity contribution in [3.05, 3.63) is 125 Å². The van der Waals surface area contributed by atoms with Crippen LogP contribution in [0.4, 0.5) is 11.5 Å². The van der Waals surface area contributed by atoms with E-state index in [0.29, 0.717) is 38.8 Å². The summed E-state index contributed by atoms with van der Waals surface area (Å²) in [5, 5.41) is 8.15. The van der Waals surface area contributed by atoms with E-state index < -0.39 is 22.0 Å². The molecule has 4 N–H and O–H groups in total. The summed E-state index contributed by atoms with van der Waals surface area (Å²) < 4.78 is 29.0. The standard InChI is InChI=1S/C34H29N9O4S/c1-21(39-33(44)31-32(35)37-19-28(40-31)25-14-26(18-36-17-25)41-48(3,46)47)29-15-24-9-7-8-23(13-12-22-16-38-42(2)20-22)30(24)34(45)43(29)27-10-5-4-6-11-27/h4-11,14-21,41H,1-3H3,(H2,35,37)(H,39,44)/t21-/m0/s1. The van der Waals surface area contributed by atoms with E-state index in [2.05, 4.69) is 41.9 Å². The van der Waals surface area contributed by atoms with E-state index in [1.54, 1.807) is 41.7 Å². The molecule has 4 heterocycles. The van der Waals surface area contributed by atoms with E-state index in [9.17, 15) is 18.0 Å². The molecule has 0 saturated heterocycles. The number of aryl methyl sites for hydroxylation is 1. The zero-order valence-corrected chi connectivity index (χ0v) is 26.9. The van der Waals surface area contributed by atoms with E-state index in [4.69, 9.17) is 5.73 Å². The lowest BCUT2D eigenvalue weighted by molar-refractivity contribution is 0.0934. The van der Waals surface area contributed by atoms with Crippen molar-refractivity contribution in [2.45, 2.75) is 13.0 Å². The number of rotatable bonds is 7. The molecule has 14 heteroatoms. The summed E-state index contributed by atoms with van der Waals surface area (Å²) in [6.45, 7) is 1.75. The van der Waals surface area contributed by atoms with Crippen molar-refractivity contribution in [1.29, 1.82) is 0 Å². The van der Waals surface area contributed by atoms with E-state index in [0.717, 1.165) is 6.26 Å². The number of sulfonamides is 1. The van der Waals surface area contributed by atoms with E-state index in [1.165, 1.54) is 24.7 Å². The number of nitrogen functional groups attached to an aromatic ring is 1. The molecule has 4 aromatic heterocycles. The highest BCUT2D eigenvalue weighted by atomic mass is 32.2. The van der Waals surface area contributed by atoms with Gasteiger partial charge in [-0.3, -0.25) is 28.5 Å². The second-order valence-electron chi connectivity index (χ2n) is 11.0. The van der Waals surface area contributed by atoms with Gasteiger partial charge in [-0.1, -0.05) is 42.2 Å². The SMILES string of the molecule is C[C@H](NC(=O)c1nc(-c2cncc(NS(C)(=O)=O)c2)cnc1N)c1cc2cccc(C#Cc3cnn(C)c3)c2c(=O)n1-c1ccccc1. The molecule has 0 radical (unpaired) electrons. The molecule has 6 rings (SSSR count). The van der Waals surface area contributed by atoms with Crippen LogP contribution in [0.5, 0.6) is 0 Å². The van der Waals surface area contributed by atoms with Crippen LogP contribution in [0.2, 0.25) is 0 Å². The van der Waals surface area contributed by atoms with Crippen molar-refractivity contribution in [3.63, 3.8) is 0 Å². The van der Waals surface area contributed by atoms with Gasteiger partial charge < -0.3 is 11.1 Å². The number of benzene rings is 2. The molecule has 48 heavy (non-hydrogen) atoms. The number of anilines is 2. The van der Waals surface area contributed by atoms with Crippen LogP contribution in [-0.4, -0.2) is 49.9 Å². The Balaban J connectivity index is 1.38. The number of nitrogens with one attached hydrogen (secondary N) is 2. The predicted octanol–water partition coefficient (Wildman–Crippen LogP) is 3.42. The molecular formula is C34H29N9O4S. The summed E-state index contributed by atoms with van der Waals surface area (Å²) in [6.07, 6.45) is 8.63. The third-order valence-corrected chi connectivity index (χ3v) is 7.89. The Morgan fingerprint density at radius 2 is 1.79 bits per heavy atom. The molecule has 0 unspecified atom stereocenters. The first-order valence-corrected chi connectivity index (χ1v) is 16.5. The number of hydrogen-bond donors (Lipinski definition) is 3. The van der Waals surface area contributed by atoms with Gasteiger partial charge in [-0.25, -0.2) is 18.4 Å². The van der Waals surface area contributed by atoms with Crippen molar-refractivity contribution < 1.29 is 13.2 Å². The summed E-state index contributed by atoms with van der Waals surface area (Å²) in [5.74, 6) is 5.46. The third-order valence-electron chi connectivity index (χ3n) is 7.28. The molecule has 1 amide bonds. The molecular weight excluding hydrogens is 631 g/mol. The van der Waals surface area contributed by atoms with Crippen molar-refractivity contribution in [2.75, 3.05) is 16.7 Å². The molecule has 0 bridgehead atoms. The Morgan fingerprint density at radius 3 is 2.52 bits per heavy atom. The first kappa shape index (κ1) is 31.6. The monoisotopic (exact) mass is 659 g/mol. The highest BCUT2D eigenvalue weighted by Crippen LogP contribution is 2.25. The van der Waals surface area contributed by atoms with Crippen molar-refractivity contribution in [1.82, 2.24) is 34.6 Å². The molecule has 0 saturated carbocycles. The first-order valence-electron chi connectivity index (χ1n) is 14.6. The Hall–Kier alpha value is -6.33. The fourth-order valence-electron chi connectivity index (χ4n) is 5.17. The quantitative estimate of drug-likeness (QED) is 0.217. The van der Waals surface area contributed by atoms with Crippen LogP contribution >= 0.6 is 0 Å². The summed E-state index contributed by atoms with van der Waals surface area (Å²) >= 11 is 0. The van der Waals surface area contributed by atoms with Crippen LogP contribution in [0.25, 0.3) is 27.7 Å². The molecule has 0 aliphatic heterocycles. The number of amides is 1. The number of aromatic nitrogens is 6. The normalized spacial score (nSPS) is 11.8. The van der Waals surface area contributed by atoms with Gasteiger partial charge >= 0.3 is 0 Å². The number of carbonyl (C=O) groups excluding carboxylic acids is 1. The third kappa shape index (κ3) is 6.76. The molecule has 0 fully saturated rings. The van der Waals surface area contributed by atoms with Gasteiger partial charge in [0.2, 0.25) is 10.0 Å². The number of nitrogens with zero attached hydrogens (tertiary/aromatic N) is 6. The van der Waals surface area contributed by atoms with Crippen molar-refractivity contribution in [2.24, 2.45) is 7.05 Å². The van der Waals surface area contributed by atoms with Crippen LogP contribution in [-0.2, 0) is 17.1 Å². The molecule has 0 spiro atoms. The molecule has 1 atom stereocenters. The number of pyridine rings is 2. The van der Waals surface area contributed by atoms with Gasteiger partial charge in [-0.2, -0.15) is 5.10 Å².